The highest BCUT2D eigenvalue weighted by Crippen LogP contribution is 2.32. The number of carbonyl (C=O) groups is 1. The maximum Gasteiger partial charge on any atom is 0.336 e. The number of unbranched alkanes of at least 4 members (excludes halogenated alkanes) is 1. The van der Waals surface area contributed by atoms with Crippen molar-refractivity contribution in [3.05, 3.63) is 87.7 Å². The molecule has 32 heavy (non-hydrogen) atoms. The third-order valence-corrected chi connectivity index (χ3v) is 5.60. The molecule has 0 radical (unpaired) electrons. The van der Waals surface area contributed by atoms with Crippen molar-refractivity contribution < 1.29 is 14.8 Å². The third-order valence-electron chi connectivity index (χ3n) is 5.60. The lowest BCUT2D eigenvalue weighted by molar-refractivity contribution is -0.383. The van der Waals surface area contributed by atoms with Gasteiger partial charge in [0.25, 0.3) is 5.69 Å². The van der Waals surface area contributed by atoms with E-state index in [1.807, 2.05) is 41.8 Å². The number of aromatic carboxylic acids is 1. The number of hydrogen-bond acceptors (Lipinski definition) is 4. The van der Waals surface area contributed by atoms with Gasteiger partial charge in [-0.2, -0.15) is 0 Å². The standard InChI is InChI=1S/C25H23N3O4/c1-3-4-12-23-26-24-21(10-7-11-22(24)28(31)32)27(23)17-13-14-18(16(2)15-17)19-8-5-6-9-20(19)25(29)30/h5-11,13-15H,3-4,12H2,1-2H3,(H,29,30). The van der Waals surface area contributed by atoms with Crippen molar-refractivity contribution in [1.82, 2.24) is 9.55 Å². The number of carboxylic acids is 1. The van der Waals surface area contributed by atoms with Gasteiger partial charge in [-0.25, -0.2) is 9.78 Å². The number of nitro groups is 1. The Morgan fingerprint density at radius 1 is 1.09 bits per heavy atom. The summed E-state index contributed by atoms with van der Waals surface area (Å²) in [5.74, 6) is -0.201. The topological polar surface area (TPSA) is 98.3 Å². The minimum atomic E-state index is -0.973. The van der Waals surface area contributed by atoms with Gasteiger partial charge in [-0.1, -0.05) is 43.7 Å². The van der Waals surface area contributed by atoms with Crippen LogP contribution in [0.3, 0.4) is 0 Å². The fraction of sp³-hybridized carbons (Fsp3) is 0.200. The zero-order valence-electron chi connectivity index (χ0n) is 17.9. The molecular formula is C25H23N3O4. The number of hydrogen-bond donors (Lipinski definition) is 1. The molecule has 0 saturated heterocycles. The first-order chi connectivity index (χ1) is 15.4. The first-order valence-corrected chi connectivity index (χ1v) is 10.5. The second kappa shape index (κ2) is 8.63. The number of aromatic nitrogens is 2. The molecule has 0 bridgehead atoms. The molecule has 4 aromatic rings. The molecule has 0 aliphatic rings. The number of nitrogens with zero attached hydrogens (tertiary/aromatic N) is 3. The molecule has 4 rings (SSSR count). The summed E-state index contributed by atoms with van der Waals surface area (Å²) in [4.78, 5) is 27.4. The summed E-state index contributed by atoms with van der Waals surface area (Å²) in [6, 6.07) is 17.7. The second-order valence-electron chi connectivity index (χ2n) is 7.72. The Morgan fingerprint density at radius 3 is 2.56 bits per heavy atom. The number of fused-ring (bicyclic) bond motifs is 1. The number of aryl methyl sites for hydroxylation is 2. The minimum Gasteiger partial charge on any atom is -0.478 e. The van der Waals surface area contributed by atoms with Crippen LogP contribution in [0.5, 0.6) is 0 Å². The van der Waals surface area contributed by atoms with E-state index in [2.05, 4.69) is 11.9 Å². The van der Waals surface area contributed by atoms with Crippen molar-refractivity contribution in [3.8, 4) is 16.8 Å². The molecule has 162 valence electrons. The minimum absolute atomic E-state index is 0.0114. The Balaban J connectivity index is 1.90. The predicted octanol–water partition coefficient (Wildman–Crippen LogP) is 5.95. The molecule has 7 nitrogen and oxygen atoms in total. The number of benzene rings is 3. The molecule has 0 amide bonds. The molecular weight excluding hydrogens is 406 g/mol. The molecule has 0 unspecified atom stereocenters. The zero-order chi connectivity index (χ0) is 22.8. The smallest absolute Gasteiger partial charge is 0.336 e. The Hall–Kier alpha value is -4.00. The molecule has 0 spiro atoms. The molecule has 0 atom stereocenters. The molecule has 7 heteroatoms. The highest BCUT2D eigenvalue weighted by molar-refractivity contribution is 5.96. The quantitative estimate of drug-likeness (QED) is 0.289. The third kappa shape index (κ3) is 3.73. The first kappa shape index (κ1) is 21.2. The average molecular weight is 429 g/mol. The fourth-order valence-electron chi connectivity index (χ4n) is 4.06. The van der Waals surface area contributed by atoms with Crippen LogP contribution in [-0.4, -0.2) is 25.6 Å². The van der Waals surface area contributed by atoms with Crippen molar-refractivity contribution in [2.75, 3.05) is 0 Å². The number of rotatable bonds is 7. The van der Waals surface area contributed by atoms with E-state index in [4.69, 9.17) is 0 Å². The lowest BCUT2D eigenvalue weighted by Gasteiger charge is -2.14. The highest BCUT2D eigenvalue weighted by atomic mass is 16.6. The average Bonchev–Trinajstić information content (AvgIpc) is 3.15. The molecule has 0 aliphatic carbocycles. The maximum atomic E-state index is 11.7. The van der Waals surface area contributed by atoms with E-state index in [0.717, 1.165) is 35.5 Å². The van der Waals surface area contributed by atoms with Gasteiger partial charge in [-0.3, -0.25) is 14.7 Å². The molecule has 0 aliphatic heterocycles. The van der Waals surface area contributed by atoms with Gasteiger partial charge in [0.2, 0.25) is 0 Å². The van der Waals surface area contributed by atoms with E-state index in [0.29, 0.717) is 23.0 Å². The Morgan fingerprint density at radius 2 is 1.88 bits per heavy atom. The van der Waals surface area contributed by atoms with Gasteiger partial charge in [0, 0.05) is 18.2 Å². The predicted molar refractivity (Wildman–Crippen MR) is 123 cm³/mol. The van der Waals surface area contributed by atoms with Crippen LogP contribution in [0.2, 0.25) is 0 Å². The largest absolute Gasteiger partial charge is 0.478 e. The SMILES string of the molecule is CCCCc1nc2c([N+](=O)[O-])cccc2n1-c1ccc(-c2ccccc2C(=O)O)c(C)c1. The van der Waals surface area contributed by atoms with Crippen molar-refractivity contribution in [3.63, 3.8) is 0 Å². The van der Waals surface area contributed by atoms with Gasteiger partial charge < -0.3 is 5.11 Å². The van der Waals surface area contributed by atoms with Crippen LogP contribution in [-0.2, 0) is 6.42 Å². The van der Waals surface area contributed by atoms with Crippen molar-refractivity contribution in [1.29, 1.82) is 0 Å². The number of nitro benzene ring substituents is 1. The summed E-state index contributed by atoms with van der Waals surface area (Å²) in [7, 11) is 0. The van der Waals surface area contributed by atoms with E-state index in [1.165, 1.54) is 6.07 Å². The van der Waals surface area contributed by atoms with E-state index in [-0.39, 0.29) is 11.3 Å². The summed E-state index contributed by atoms with van der Waals surface area (Å²) in [6.07, 6.45) is 2.60. The summed E-state index contributed by atoms with van der Waals surface area (Å²) in [6.45, 7) is 4.03. The maximum absolute atomic E-state index is 11.7. The van der Waals surface area contributed by atoms with E-state index >= 15 is 0 Å². The van der Waals surface area contributed by atoms with Crippen LogP contribution in [0.4, 0.5) is 5.69 Å². The van der Waals surface area contributed by atoms with Gasteiger partial charge in [0.05, 0.1) is 16.0 Å². The Bertz CT molecular complexity index is 1340. The number of para-hydroxylation sites is 1. The Labute approximate surface area is 185 Å². The Kier molecular flexibility index (Phi) is 5.73. The van der Waals surface area contributed by atoms with Crippen LogP contribution in [0.1, 0.15) is 41.5 Å². The van der Waals surface area contributed by atoms with Crippen molar-refractivity contribution >= 4 is 22.7 Å². The molecule has 1 N–H and O–H groups in total. The number of imidazole rings is 1. The van der Waals surface area contributed by atoms with Crippen molar-refractivity contribution in [2.45, 2.75) is 33.1 Å². The van der Waals surface area contributed by atoms with Crippen molar-refractivity contribution in [2.24, 2.45) is 0 Å². The molecule has 1 aromatic heterocycles. The van der Waals surface area contributed by atoms with E-state index in [9.17, 15) is 20.0 Å². The number of non-ortho nitro benzene ring substituents is 1. The van der Waals surface area contributed by atoms with Crippen LogP contribution < -0.4 is 0 Å². The van der Waals surface area contributed by atoms with Crippen LogP contribution in [0.25, 0.3) is 27.8 Å². The zero-order valence-corrected chi connectivity index (χ0v) is 17.9. The summed E-state index contributed by atoms with van der Waals surface area (Å²) >= 11 is 0. The lowest BCUT2D eigenvalue weighted by Crippen LogP contribution is -2.03. The summed E-state index contributed by atoms with van der Waals surface area (Å²) in [5.41, 5.74) is 4.53. The molecule has 1 heterocycles. The van der Waals surface area contributed by atoms with E-state index in [1.54, 1.807) is 24.3 Å². The van der Waals surface area contributed by atoms with Gasteiger partial charge in [0.1, 0.15) is 5.82 Å². The van der Waals surface area contributed by atoms with Gasteiger partial charge >= 0.3 is 5.97 Å². The molecule has 3 aromatic carbocycles. The lowest BCUT2D eigenvalue weighted by atomic mass is 9.95. The van der Waals surface area contributed by atoms with Crippen LogP contribution in [0, 0.1) is 17.0 Å². The molecule has 0 fully saturated rings. The fourth-order valence-corrected chi connectivity index (χ4v) is 4.06. The van der Waals surface area contributed by atoms with Gasteiger partial charge in [-0.15, -0.1) is 0 Å². The van der Waals surface area contributed by atoms with E-state index < -0.39 is 10.9 Å². The van der Waals surface area contributed by atoms with Gasteiger partial charge in [-0.05, 0) is 54.3 Å². The first-order valence-electron chi connectivity index (χ1n) is 10.5. The normalized spacial score (nSPS) is 11.1. The summed E-state index contributed by atoms with van der Waals surface area (Å²) in [5, 5.41) is 21.1. The summed E-state index contributed by atoms with van der Waals surface area (Å²) < 4.78 is 1.97. The van der Waals surface area contributed by atoms with Crippen LogP contribution >= 0.6 is 0 Å². The van der Waals surface area contributed by atoms with Crippen LogP contribution in [0.15, 0.2) is 60.7 Å². The van der Waals surface area contributed by atoms with Gasteiger partial charge in [0.15, 0.2) is 5.52 Å². The highest BCUT2D eigenvalue weighted by Gasteiger charge is 2.21. The number of carboxylic acid groups (broad SMARTS) is 1. The second-order valence-corrected chi connectivity index (χ2v) is 7.72. The monoisotopic (exact) mass is 429 g/mol. The molecule has 0 saturated carbocycles.